The summed E-state index contributed by atoms with van der Waals surface area (Å²) < 4.78 is 2.01. The molecule has 0 aliphatic heterocycles. The van der Waals surface area contributed by atoms with Gasteiger partial charge in [-0.25, -0.2) is 0 Å². The summed E-state index contributed by atoms with van der Waals surface area (Å²) in [6, 6.07) is 0.254. The quantitative estimate of drug-likeness (QED) is 0.701. The Bertz CT molecular complexity index is 325. The van der Waals surface area contributed by atoms with Crippen molar-refractivity contribution in [3.05, 3.63) is 17.0 Å². The summed E-state index contributed by atoms with van der Waals surface area (Å²) in [7, 11) is 2.02. The number of nitrogens with zero attached hydrogens (tertiary/aromatic N) is 2. The van der Waals surface area contributed by atoms with E-state index in [0.717, 1.165) is 12.1 Å². The highest BCUT2D eigenvalue weighted by molar-refractivity contribution is 5.35. The molecule has 3 nitrogen and oxygen atoms in total. The van der Waals surface area contributed by atoms with E-state index in [1.165, 1.54) is 17.7 Å². The standard InChI is InChI=1S/C10H17N3/c1-6(11)8-4-5-9-10(8)7(2)12-13(9)3/h6,8H,4-5,11H2,1-3H3. The van der Waals surface area contributed by atoms with E-state index in [4.69, 9.17) is 5.73 Å². The number of nitrogens with two attached hydrogens (primary N) is 1. The summed E-state index contributed by atoms with van der Waals surface area (Å²) >= 11 is 0. The van der Waals surface area contributed by atoms with E-state index in [9.17, 15) is 0 Å². The molecule has 0 saturated heterocycles. The third kappa shape index (κ3) is 1.18. The number of hydrogen-bond acceptors (Lipinski definition) is 2. The molecule has 1 aromatic rings. The van der Waals surface area contributed by atoms with E-state index in [1.54, 1.807) is 0 Å². The lowest BCUT2D eigenvalue weighted by atomic mass is 9.95. The van der Waals surface area contributed by atoms with Gasteiger partial charge in [0.25, 0.3) is 0 Å². The van der Waals surface area contributed by atoms with Crippen molar-refractivity contribution in [2.45, 2.75) is 38.6 Å². The van der Waals surface area contributed by atoms with Crippen LogP contribution >= 0.6 is 0 Å². The lowest BCUT2D eigenvalue weighted by Gasteiger charge is -2.14. The first-order valence-corrected chi connectivity index (χ1v) is 4.89. The number of aromatic nitrogens is 2. The maximum Gasteiger partial charge on any atom is 0.0631 e. The van der Waals surface area contributed by atoms with Gasteiger partial charge in [0, 0.05) is 30.3 Å². The van der Waals surface area contributed by atoms with Gasteiger partial charge in [0.05, 0.1) is 5.69 Å². The van der Waals surface area contributed by atoms with Gasteiger partial charge in [-0.1, -0.05) is 0 Å². The summed E-state index contributed by atoms with van der Waals surface area (Å²) in [5.41, 5.74) is 9.92. The molecule has 2 atom stereocenters. The van der Waals surface area contributed by atoms with Crippen LogP contribution in [0.15, 0.2) is 0 Å². The molecule has 2 rings (SSSR count). The molecule has 0 bridgehead atoms. The predicted octanol–water partition coefficient (Wildman–Crippen LogP) is 1.11. The average Bonchev–Trinajstić information content (AvgIpc) is 2.55. The van der Waals surface area contributed by atoms with Crippen molar-refractivity contribution in [1.29, 1.82) is 0 Å². The highest BCUT2D eigenvalue weighted by Crippen LogP contribution is 2.36. The minimum absolute atomic E-state index is 0.254. The van der Waals surface area contributed by atoms with Crippen molar-refractivity contribution < 1.29 is 0 Å². The maximum absolute atomic E-state index is 5.95. The van der Waals surface area contributed by atoms with Gasteiger partial charge < -0.3 is 5.73 Å². The Labute approximate surface area is 78.9 Å². The zero-order valence-electron chi connectivity index (χ0n) is 8.54. The van der Waals surface area contributed by atoms with Crippen molar-refractivity contribution in [3.8, 4) is 0 Å². The second kappa shape index (κ2) is 2.84. The fraction of sp³-hybridized carbons (Fsp3) is 0.700. The molecule has 2 unspecified atom stereocenters. The Hall–Kier alpha value is -0.830. The van der Waals surface area contributed by atoms with Crippen LogP contribution in [0, 0.1) is 6.92 Å². The fourth-order valence-electron chi connectivity index (χ4n) is 2.46. The molecule has 1 heterocycles. The van der Waals surface area contributed by atoms with Gasteiger partial charge in [-0.3, -0.25) is 4.68 Å². The van der Waals surface area contributed by atoms with Gasteiger partial charge in [-0.15, -0.1) is 0 Å². The van der Waals surface area contributed by atoms with E-state index < -0.39 is 0 Å². The van der Waals surface area contributed by atoms with Crippen LogP contribution < -0.4 is 5.73 Å². The topological polar surface area (TPSA) is 43.8 Å². The van der Waals surface area contributed by atoms with Gasteiger partial charge in [0.2, 0.25) is 0 Å². The van der Waals surface area contributed by atoms with Crippen LogP contribution in [0.4, 0.5) is 0 Å². The second-order valence-electron chi connectivity index (χ2n) is 4.07. The molecule has 0 amide bonds. The van der Waals surface area contributed by atoms with Crippen LogP contribution in [0.25, 0.3) is 0 Å². The second-order valence-corrected chi connectivity index (χ2v) is 4.07. The Balaban J connectivity index is 2.46. The van der Waals surface area contributed by atoms with Crippen LogP contribution in [0.1, 0.15) is 36.2 Å². The lowest BCUT2D eigenvalue weighted by molar-refractivity contribution is 0.555. The number of aryl methyl sites for hydroxylation is 2. The highest BCUT2D eigenvalue weighted by Gasteiger charge is 2.30. The number of rotatable bonds is 1. The monoisotopic (exact) mass is 179 g/mol. The van der Waals surface area contributed by atoms with Gasteiger partial charge in [-0.05, 0) is 26.7 Å². The molecule has 72 valence electrons. The van der Waals surface area contributed by atoms with Crippen LogP contribution in [-0.4, -0.2) is 15.8 Å². The summed E-state index contributed by atoms with van der Waals surface area (Å²) in [5, 5.41) is 4.43. The Morgan fingerprint density at radius 3 is 2.92 bits per heavy atom. The maximum atomic E-state index is 5.95. The molecule has 0 saturated carbocycles. The largest absolute Gasteiger partial charge is 0.327 e. The third-order valence-corrected chi connectivity index (χ3v) is 3.09. The SMILES string of the molecule is Cc1nn(C)c2c1C(C(C)N)CC2. The molecule has 3 heteroatoms. The summed E-state index contributed by atoms with van der Waals surface area (Å²) in [6.07, 6.45) is 2.33. The van der Waals surface area contributed by atoms with Crippen molar-refractivity contribution in [2.75, 3.05) is 0 Å². The molecule has 0 radical (unpaired) electrons. The lowest BCUT2D eigenvalue weighted by Crippen LogP contribution is -2.23. The van der Waals surface area contributed by atoms with E-state index >= 15 is 0 Å². The first-order valence-electron chi connectivity index (χ1n) is 4.89. The van der Waals surface area contributed by atoms with Crippen LogP contribution in [0.3, 0.4) is 0 Å². The van der Waals surface area contributed by atoms with E-state index in [2.05, 4.69) is 18.9 Å². The molecular formula is C10H17N3. The Morgan fingerprint density at radius 2 is 2.31 bits per heavy atom. The minimum atomic E-state index is 0.254. The van der Waals surface area contributed by atoms with Crippen molar-refractivity contribution in [2.24, 2.45) is 12.8 Å². The van der Waals surface area contributed by atoms with Crippen molar-refractivity contribution in [1.82, 2.24) is 9.78 Å². The molecule has 0 fully saturated rings. The molecule has 1 aliphatic rings. The first kappa shape index (κ1) is 8.75. The minimum Gasteiger partial charge on any atom is -0.327 e. The predicted molar refractivity (Wildman–Crippen MR) is 52.7 cm³/mol. The zero-order chi connectivity index (χ0) is 9.59. The number of hydrogen-bond donors (Lipinski definition) is 1. The number of fused-ring (bicyclic) bond motifs is 1. The summed E-state index contributed by atoms with van der Waals surface area (Å²) in [5.74, 6) is 0.531. The van der Waals surface area contributed by atoms with Crippen molar-refractivity contribution in [3.63, 3.8) is 0 Å². The fourth-order valence-corrected chi connectivity index (χ4v) is 2.46. The van der Waals surface area contributed by atoms with Crippen molar-refractivity contribution >= 4 is 0 Å². The smallest absolute Gasteiger partial charge is 0.0631 e. The summed E-state index contributed by atoms with van der Waals surface area (Å²) in [6.45, 7) is 4.17. The van der Waals surface area contributed by atoms with Gasteiger partial charge in [0.1, 0.15) is 0 Å². The molecule has 2 N–H and O–H groups in total. The average molecular weight is 179 g/mol. The normalized spacial score (nSPS) is 23.2. The van der Waals surface area contributed by atoms with Gasteiger partial charge >= 0.3 is 0 Å². The molecule has 1 aliphatic carbocycles. The Morgan fingerprint density at radius 1 is 1.62 bits per heavy atom. The van der Waals surface area contributed by atoms with E-state index in [-0.39, 0.29) is 6.04 Å². The zero-order valence-corrected chi connectivity index (χ0v) is 8.54. The molecule has 0 aromatic carbocycles. The van der Waals surface area contributed by atoms with Crippen LogP contribution in [-0.2, 0) is 13.5 Å². The highest BCUT2D eigenvalue weighted by atomic mass is 15.3. The Kier molecular flexibility index (Phi) is 1.91. The summed E-state index contributed by atoms with van der Waals surface area (Å²) in [4.78, 5) is 0. The van der Waals surface area contributed by atoms with Gasteiger partial charge in [-0.2, -0.15) is 5.10 Å². The van der Waals surface area contributed by atoms with E-state index in [0.29, 0.717) is 5.92 Å². The molecule has 13 heavy (non-hydrogen) atoms. The molecule has 0 spiro atoms. The van der Waals surface area contributed by atoms with Crippen LogP contribution in [0.5, 0.6) is 0 Å². The van der Waals surface area contributed by atoms with Crippen LogP contribution in [0.2, 0.25) is 0 Å². The third-order valence-electron chi connectivity index (χ3n) is 3.09. The molecule has 1 aromatic heterocycles. The van der Waals surface area contributed by atoms with Gasteiger partial charge in [0.15, 0.2) is 0 Å². The molecular weight excluding hydrogens is 162 g/mol. The first-order chi connectivity index (χ1) is 6.11. The van der Waals surface area contributed by atoms with E-state index in [1.807, 2.05) is 11.7 Å².